The number of ether oxygens (including phenoxy) is 3. The molecule has 1 unspecified atom stereocenters. The van der Waals surface area contributed by atoms with Crippen molar-refractivity contribution in [1.29, 1.82) is 0 Å². The molecule has 4 saturated carbocycles. The molecule has 0 saturated heterocycles. The Kier molecular flexibility index (Phi) is 12.6. The molecule has 3 amide bonds. The Balaban J connectivity index is 1.11. The summed E-state index contributed by atoms with van der Waals surface area (Å²) in [7, 11) is -2.32. The van der Waals surface area contributed by atoms with Crippen LogP contribution in [0.4, 0.5) is 9.93 Å². The average Bonchev–Trinajstić information content (AvgIpc) is 4.00. The van der Waals surface area contributed by atoms with E-state index in [1.807, 2.05) is 55.6 Å². The van der Waals surface area contributed by atoms with Crippen molar-refractivity contribution in [1.82, 2.24) is 25.3 Å². The first-order chi connectivity index (χ1) is 29.3. The molecule has 4 fully saturated rings. The summed E-state index contributed by atoms with van der Waals surface area (Å²) in [5, 5.41) is 11.9. The summed E-state index contributed by atoms with van der Waals surface area (Å²) in [6, 6.07) is 6.56. The van der Waals surface area contributed by atoms with E-state index in [0.29, 0.717) is 65.9 Å². The molecule has 328 valence electrons. The number of thiazole rings is 1. The molecule has 15 nitrogen and oxygen atoms in total. The van der Waals surface area contributed by atoms with Gasteiger partial charge in [0.05, 0.1) is 35.5 Å². The summed E-state index contributed by atoms with van der Waals surface area (Å²) >= 11 is 1.46. The number of nitrogens with one attached hydrogen (secondary N) is 4. The lowest BCUT2D eigenvalue weighted by molar-refractivity contribution is -0.136. The van der Waals surface area contributed by atoms with Crippen molar-refractivity contribution in [2.75, 3.05) is 12.4 Å². The Labute approximate surface area is 360 Å². The van der Waals surface area contributed by atoms with Crippen molar-refractivity contribution in [3.05, 3.63) is 41.8 Å². The van der Waals surface area contributed by atoms with Crippen LogP contribution in [0.2, 0.25) is 0 Å². The summed E-state index contributed by atoms with van der Waals surface area (Å²) < 4.78 is 46.3. The Bertz CT molecular complexity index is 2290. The van der Waals surface area contributed by atoms with Crippen LogP contribution < -0.4 is 30.1 Å². The minimum Gasteiger partial charge on any atom is -0.497 e. The van der Waals surface area contributed by atoms with Crippen LogP contribution >= 0.6 is 11.3 Å². The van der Waals surface area contributed by atoms with Crippen molar-refractivity contribution in [2.24, 2.45) is 17.8 Å². The third-order valence-electron chi connectivity index (χ3n) is 12.6. The number of fused-ring (bicyclic) bond motifs is 3. The largest absolute Gasteiger partial charge is 0.497 e. The van der Waals surface area contributed by atoms with Crippen molar-refractivity contribution in [3.8, 4) is 22.9 Å². The normalized spacial score (nSPS) is 27.3. The van der Waals surface area contributed by atoms with Gasteiger partial charge in [0.1, 0.15) is 34.9 Å². The van der Waals surface area contributed by atoms with E-state index in [1.165, 1.54) is 11.3 Å². The first-order valence-corrected chi connectivity index (χ1v) is 24.2. The summed E-state index contributed by atoms with van der Waals surface area (Å²) in [6.07, 6.45) is 10.7. The number of amides is 3. The van der Waals surface area contributed by atoms with Gasteiger partial charge in [0.2, 0.25) is 15.9 Å². The minimum absolute atomic E-state index is 0.120. The SMILES string of the molecule is COc1ccc2c(O[C@H]3CC4C(=O)[C@@H](NC(=O)OC5CCCC5)CCCCCC=C[C@@H]5C[C@@]5(C(=O)NS(=O)(=O)C5CC5)NC(=O)[C@@H]4C3)cc(-c3csc(NC(C)C)n3)nc2c1. The molecule has 4 aliphatic carbocycles. The van der Waals surface area contributed by atoms with Gasteiger partial charge in [-0.15, -0.1) is 11.3 Å². The smallest absolute Gasteiger partial charge is 0.407 e. The molecule has 3 aromatic rings. The molecular weight excluding hydrogens is 821 g/mol. The van der Waals surface area contributed by atoms with Crippen LogP contribution in [-0.4, -0.2) is 84.3 Å². The number of alkyl carbamates (subject to hydrolysis) is 1. The van der Waals surface area contributed by atoms with Crippen LogP contribution in [0.5, 0.6) is 11.5 Å². The molecule has 4 N–H and O–H groups in total. The van der Waals surface area contributed by atoms with Gasteiger partial charge >= 0.3 is 6.09 Å². The van der Waals surface area contributed by atoms with E-state index in [2.05, 4.69) is 20.7 Å². The number of Topliss-reactive ketones (excluding diaryl/α,β-unsaturated/α-hetero) is 1. The fraction of sp³-hybridized carbons (Fsp3) is 0.591. The zero-order chi connectivity index (χ0) is 42.9. The highest BCUT2D eigenvalue weighted by atomic mass is 32.2. The van der Waals surface area contributed by atoms with Crippen LogP contribution in [0.15, 0.2) is 41.8 Å². The monoisotopic (exact) mass is 876 g/mol. The Morgan fingerprint density at radius 3 is 2.46 bits per heavy atom. The molecule has 1 aliphatic heterocycles. The predicted octanol–water partition coefficient (Wildman–Crippen LogP) is 6.57. The highest BCUT2D eigenvalue weighted by Crippen LogP contribution is 2.47. The molecule has 1 aromatic carbocycles. The van der Waals surface area contributed by atoms with Crippen LogP contribution in [-0.2, 0) is 29.1 Å². The fourth-order valence-corrected chi connectivity index (χ4v) is 11.2. The standard InChI is InChI=1S/C44H56N6O9S2/c1-25(2)45-42-47-37(24-60-42)36-22-38(31-18-15-28(57-3)21-35(31)46-36)58-29-19-32-33(20-29)40(52)49-44(41(53)50-61(55,56)30-16-17-30)23-26(44)11-7-5-4-6-8-14-34(39(32)51)48-43(54)59-27-12-9-10-13-27/h7,11,15,18,21-22,24-27,29-30,32-34H,4-6,8-10,12-14,16-17,19-20,23H2,1-3H3,(H,45,47)(H,48,54)(H,49,52)(H,50,53)/t26-,29+,32?,33-,34+,44-/m1/s1. The number of ketones is 1. The number of methoxy groups -OCH3 is 1. The van der Waals surface area contributed by atoms with Gasteiger partial charge in [-0.05, 0) is 103 Å². The second-order valence-electron chi connectivity index (χ2n) is 17.6. The Morgan fingerprint density at radius 1 is 0.934 bits per heavy atom. The first-order valence-electron chi connectivity index (χ1n) is 21.8. The number of carbonyl (C=O) groups is 4. The zero-order valence-electron chi connectivity index (χ0n) is 34.9. The Morgan fingerprint density at radius 2 is 1.70 bits per heavy atom. The molecule has 5 aliphatic rings. The molecule has 0 radical (unpaired) electrons. The minimum atomic E-state index is -3.90. The molecular formula is C44H56N6O9S2. The maximum absolute atomic E-state index is 14.8. The lowest BCUT2D eigenvalue weighted by Crippen LogP contribution is -2.54. The molecule has 17 heteroatoms. The number of allylic oxidation sites excluding steroid dienone is 1. The average molecular weight is 877 g/mol. The van der Waals surface area contributed by atoms with Crippen LogP contribution in [0.3, 0.4) is 0 Å². The van der Waals surface area contributed by atoms with E-state index >= 15 is 0 Å². The topological polar surface area (TPSA) is 204 Å². The van der Waals surface area contributed by atoms with Gasteiger partial charge in [-0.3, -0.25) is 19.1 Å². The predicted molar refractivity (Wildman–Crippen MR) is 231 cm³/mol. The molecule has 0 spiro atoms. The van der Waals surface area contributed by atoms with E-state index in [4.69, 9.17) is 24.2 Å². The third-order valence-corrected chi connectivity index (χ3v) is 15.2. The molecule has 0 bridgehead atoms. The first kappa shape index (κ1) is 42.9. The van der Waals surface area contributed by atoms with Gasteiger partial charge in [-0.2, -0.15) is 0 Å². The van der Waals surface area contributed by atoms with Gasteiger partial charge in [0, 0.05) is 40.8 Å². The molecule has 6 atom stereocenters. The summed E-state index contributed by atoms with van der Waals surface area (Å²) in [4.78, 5) is 66.4. The number of benzene rings is 1. The number of hydrogen-bond acceptors (Lipinski definition) is 13. The lowest BCUT2D eigenvalue weighted by Gasteiger charge is -2.26. The molecule has 8 rings (SSSR count). The Hall–Kier alpha value is -4.77. The maximum Gasteiger partial charge on any atom is 0.407 e. The lowest BCUT2D eigenvalue weighted by atomic mass is 9.86. The van der Waals surface area contributed by atoms with Gasteiger partial charge in [0.25, 0.3) is 5.91 Å². The van der Waals surface area contributed by atoms with Crippen molar-refractivity contribution >= 4 is 61.1 Å². The summed E-state index contributed by atoms with van der Waals surface area (Å²) in [6.45, 7) is 4.07. The van der Waals surface area contributed by atoms with E-state index in [1.54, 1.807) is 7.11 Å². The van der Waals surface area contributed by atoms with E-state index in [9.17, 15) is 27.6 Å². The highest BCUT2D eigenvalue weighted by Gasteiger charge is 2.62. The van der Waals surface area contributed by atoms with E-state index in [-0.39, 0.29) is 37.2 Å². The molecule has 3 heterocycles. The zero-order valence-corrected chi connectivity index (χ0v) is 36.6. The molecule has 2 aromatic heterocycles. The van der Waals surface area contributed by atoms with Crippen LogP contribution in [0.1, 0.15) is 104 Å². The van der Waals surface area contributed by atoms with E-state index < -0.39 is 68.6 Å². The number of sulfonamides is 1. The van der Waals surface area contributed by atoms with Gasteiger partial charge in [-0.25, -0.2) is 23.2 Å². The second-order valence-corrected chi connectivity index (χ2v) is 20.4. The number of nitrogens with zero attached hydrogens (tertiary/aromatic N) is 2. The molecule has 61 heavy (non-hydrogen) atoms. The number of hydrogen-bond donors (Lipinski definition) is 4. The van der Waals surface area contributed by atoms with Crippen molar-refractivity contribution in [3.63, 3.8) is 0 Å². The maximum atomic E-state index is 14.8. The van der Waals surface area contributed by atoms with Crippen LogP contribution in [0, 0.1) is 17.8 Å². The van der Waals surface area contributed by atoms with Crippen molar-refractivity contribution < 1.29 is 41.8 Å². The number of rotatable bonds is 11. The van der Waals surface area contributed by atoms with Crippen molar-refractivity contribution in [2.45, 2.75) is 139 Å². The number of aromatic nitrogens is 2. The second kappa shape index (κ2) is 17.9. The number of pyridine rings is 1. The number of anilines is 1. The highest BCUT2D eigenvalue weighted by molar-refractivity contribution is 7.91. The summed E-state index contributed by atoms with van der Waals surface area (Å²) in [5.41, 5.74) is 0.326. The number of carbonyl (C=O) groups excluding carboxylic acids is 4. The quantitative estimate of drug-likeness (QED) is 0.151. The van der Waals surface area contributed by atoms with E-state index in [0.717, 1.165) is 43.7 Å². The van der Waals surface area contributed by atoms with Gasteiger partial charge in [0.15, 0.2) is 10.9 Å². The van der Waals surface area contributed by atoms with Gasteiger partial charge in [-0.1, -0.05) is 25.0 Å². The van der Waals surface area contributed by atoms with Gasteiger partial charge < -0.3 is 30.2 Å². The third kappa shape index (κ3) is 9.82. The fourth-order valence-electron chi connectivity index (χ4n) is 9.01. The van der Waals surface area contributed by atoms with Crippen LogP contribution in [0.25, 0.3) is 22.3 Å². The summed E-state index contributed by atoms with van der Waals surface area (Å²) in [5.74, 6) is -2.80.